The molecule has 0 saturated heterocycles. The summed E-state index contributed by atoms with van der Waals surface area (Å²) in [6.45, 7) is 2.38. The van der Waals surface area contributed by atoms with Gasteiger partial charge in [-0.25, -0.2) is 0 Å². The number of nitrogens with one attached hydrogen (secondary N) is 1. The van der Waals surface area contributed by atoms with Crippen molar-refractivity contribution >= 4 is 12.4 Å². The lowest BCUT2D eigenvalue weighted by molar-refractivity contribution is 0.300. The van der Waals surface area contributed by atoms with E-state index in [1.54, 1.807) is 0 Å². The topological polar surface area (TPSA) is 26.2 Å². The Balaban J connectivity index is 0.00000169. The minimum atomic E-state index is 0. The summed E-state index contributed by atoms with van der Waals surface area (Å²) in [6, 6.07) is 18.9. The fourth-order valence-corrected chi connectivity index (χ4v) is 3.32. The SMILES string of the molecule is CNCc1cn(Cc2ccccc2)c2c1COc1ccccc1-2.Cl. The molecule has 1 aliphatic heterocycles. The number of nitrogens with zero attached hydrogens (tertiary/aromatic N) is 1. The Morgan fingerprint density at radius 3 is 2.58 bits per heavy atom. The summed E-state index contributed by atoms with van der Waals surface area (Å²) in [7, 11) is 1.98. The molecule has 0 saturated carbocycles. The normalized spacial score (nSPS) is 11.9. The number of aromatic nitrogens is 1. The molecule has 2 aromatic carbocycles. The van der Waals surface area contributed by atoms with Gasteiger partial charge in [-0.2, -0.15) is 0 Å². The molecule has 1 aromatic heterocycles. The number of halogens is 1. The van der Waals surface area contributed by atoms with Gasteiger partial charge in [0, 0.05) is 30.4 Å². The third-order valence-electron chi connectivity index (χ3n) is 4.35. The standard InChI is InChI=1S/C20H20N2O.ClH/c1-21-11-16-13-22(12-15-7-3-2-4-8-15)20-17-9-5-6-10-19(17)23-14-18(16)20;/h2-10,13,21H,11-12,14H2,1H3;1H. The molecule has 0 bridgehead atoms. The molecule has 124 valence electrons. The number of fused-ring (bicyclic) bond motifs is 3. The highest BCUT2D eigenvalue weighted by Crippen LogP contribution is 2.40. The van der Waals surface area contributed by atoms with E-state index < -0.39 is 0 Å². The monoisotopic (exact) mass is 340 g/mol. The van der Waals surface area contributed by atoms with Crippen molar-refractivity contribution < 1.29 is 4.74 Å². The van der Waals surface area contributed by atoms with Crippen LogP contribution in [0, 0.1) is 0 Å². The third kappa shape index (κ3) is 2.93. The first-order valence-corrected chi connectivity index (χ1v) is 7.98. The first kappa shape index (κ1) is 16.6. The predicted octanol–water partition coefficient (Wildman–Crippen LogP) is 4.24. The van der Waals surface area contributed by atoms with Crippen LogP contribution in [0.25, 0.3) is 11.3 Å². The largest absolute Gasteiger partial charge is 0.488 e. The molecule has 0 amide bonds. The van der Waals surface area contributed by atoms with Crippen LogP contribution in [0.4, 0.5) is 0 Å². The van der Waals surface area contributed by atoms with Crippen LogP contribution in [-0.4, -0.2) is 11.6 Å². The Hall–Kier alpha value is -2.23. The summed E-state index contributed by atoms with van der Waals surface area (Å²) in [5.74, 6) is 0.975. The van der Waals surface area contributed by atoms with Crippen molar-refractivity contribution in [3.63, 3.8) is 0 Å². The van der Waals surface area contributed by atoms with Gasteiger partial charge in [0.1, 0.15) is 12.4 Å². The van der Waals surface area contributed by atoms with Gasteiger partial charge in [-0.1, -0.05) is 42.5 Å². The summed E-state index contributed by atoms with van der Waals surface area (Å²) >= 11 is 0. The fourth-order valence-electron chi connectivity index (χ4n) is 3.32. The molecule has 4 rings (SSSR count). The van der Waals surface area contributed by atoms with Gasteiger partial charge in [0.05, 0.1) is 5.69 Å². The molecule has 1 N–H and O–H groups in total. The Morgan fingerprint density at radius 1 is 1.04 bits per heavy atom. The van der Waals surface area contributed by atoms with E-state index in [9.17, 15) is 0 Å². The first-order valence-electron chi connectivity index (χ1n) is 7.98. The number of ether oxygens (including phenoxy) is 1. The van der Waals surface area contributed by atoms with E-state index in [1.807, 2.05) is 13.1 Å². The van der Waals surface area contributed by atoms with Crippen LogP contribution in [0.5, 0.6) is 5.75 Å². The Morgan fingerprint density at radius 2 is 1.79 bits per heavy atom. The maximum absolute atomic E-state index is 5.96. The summed E-state index contributed by atoms with van der Waals surface area (Å²) in [6.07, 6.45) is 2.26. The first-order chi connectivity index (χ1) is 11.4. The second kappa shape index (κ2) is 7.12. The van der Waals surface area contributed by atoms with Crippen LogP contribution in [0.15, 0.2) is 60.8 Å². The van der Waals surface area contributed by atoms with E-state index in [-0.39, 0.29) is 12.4 Å². The lowest BCUT2D eigenvalue weighted by Crippen LogP contribution is -2.11. The molecule has 24 heavy (non-hydrogen) atoms. The van der Waals surface area contributed by atoms with E-state index in [4.69, 9.17) is 4.74 Å². The van der Waals surface area contributed by atoms with E-state index in [0.717, 1.165) is 18.8 Å². The lowest BCUT2D eigenvalue weighted by atomic mass is 10.0. The van der Waals surface area contributed by atoms with Crippen molar-refractivity contribution in [3.8, 4) is 17.0 Å². The summed E-state index contributed by atoms with van der Waals surface area (Å²) in [5, 5.41) is 3.27. The zero-order valence-corrected chi connectivity index (χ0v) is 14.5. The summed E-state index contributed by atoms with van der Waals surface area (Å²) < 4.78 is 8.32. The van der Waals surface area contributed by atoms with Crippen molar-refractivity contribution in [3.05, 3.63) is 77.5 Å². The van der Waals surface area contributed by atoms with Gasteiger partial charge in [-0.05, 0) is 30.3 Å². The second-order valence-electron chi connectivity index (χ2n) is 5.91. The van der Waals surface area contributed by atoms with Crippen molar-refractivity contribution in [1.29, 1.82) is 0 Å². The molecule has 4 heteroatoms. The zero-order valence-electron chi connectivity index (χ0n) is 13.7. The number of benzene rings is 2. The van der Waals surface area contributed by atoms with Gasteiger partial charge in [-0.15, -0.1) is 12.4 Å². The van der Waals surface area contributed by atoms with Gasteiger partial charge in [-0.3, -0.25) is 0 Å². The summed E-state index contributed by atoms with van der Waals surface area (Å²) in [4.78, 5) is 0. The maximum atomic E-state index is 5.96. The van der Waals surface area contributed by atoms with Gasteiger partial charge in [0.25, 0.3) is 0 Å². The third-order valence-corrected chi connectivity index (χ3v) is 4.35. The van der Waals surface area contributed by atoms with Gasteiger partial charge < -0.3 is 14.6 Å². The predicted molar refractivity (Wildman–Crippen MR) is 99.8 cm³/mol. The smallest absolute Gasteiger partial charge is 0.129 e. The molecule has 0 spiro atoms. The van der Waals surface area contributed by atoms with Crippen molar-refractivity contribution in [1.82, 2.24) is 9.88 Å². The highest BCUT2D eigenvalue weighted by molar-refractivity contribution is 5.85. The Kier molecular flexibility index (Phi) is 4.93. The minimum Gasteiger partial charge on any atom is -0.488 e. The maximum Gasteiger partial charge on any atom is 0.129 e. The van der Waals surface area contributed by atoms with E-state index in [0.29, 0.717) is 6.61 Å². The highest BCUT2D eigenvalue weighted by Gasteiger charge is 2.24. The van der Waals surface area contributed by atoms with Crippen LogP contribution in [0.2, 0.25) is 0 Å². The molecule has 0 unspecified atom stereocenters. The zero-order chi connectivity index (χ0) is 15.6. The van der Waals surface area contributed by atoms with Gasteiger partial charge in [0.2, 0.25) is 0 Å². The van der Waals surface area contributed by atoms with Crippen LogP contribution in [0.1, 0.15) is 16.7 Å². The molecule has 0 fully saturated rings. The van der Waals surface area contributed by atoms with Crippen LogP contribution in [0.3, 0.4) is 0 Å². The van der Waals surface area contributed by atoms with Crippen LogP contribution < -0.4 is 10.1 Å². The molecule has 2 heterocycles. The average molecular weight is 341 g/mol. The molecule has 1 aliphatic rings. The highest BCUT2D eigenvalue weighted by atomic mass is 35.5. The fraction of sp³-hybridized carbons (Fsp3) is 0.200. The molecule has 3 nitrogen and oxygen atoms in total. The number of para-hydroxylation sites is 1. The molecule has 0 aliphatic carbocycles. The molecule has 3 aromatic rings. The molecule has 0 radical (unpaired) electrons. The Bertz CT molecular complexity index is 827. The molecule has 0 atom stereocenters. The average Bonchev–Trinajstić information content (AvgIpc) is 2.94. The quantitative estimate of drug-likeness (QED) is 0.769. The molecular weight excluding hydrogens is 320 g/mol. The van der Waals surface area contributed by atoms with Crippen molar-refractivity contribution in [2.24, 2.45) is 0 Å². The van der Waals surface area contributed by atoms with Gasteiger partial charge >= 0.3 is 0 Å². The Labute approximate surface area is 148 Å². The lowest BCUT2D eigenvalue weighted by Gasteiger charge is -2.21. The second-order valence-corrected chi connectivity index (χ2v) is 5.91. The van der Waals surface area contributed by atoms with E-state index >= 15 is 0 Å². The van der Waals surface area contributed by atoms with E-state index in [1.165, 1.54) is 27.9 Å². The van der Waals surface area contributed by atoms with Gasteiger partial charge in [0.15, 0.2) is 0 Å². The van der Waals surface area contributed by atoms with Crippen LogP contribution in [-0.2, 0) is 19.7 Å². The summed E-state index contributed by atoms with van der Waals surface area (Å²) in [5.41, 5.74) is 6.40. The molecular formula is C20H21ClN2O. The number of rotatable bonds is 4. The minimum absolute atomic E-state index is 0. The van der Waals surface area contributed by atoms with E-state index in [2.05, 4.69) is 64.6 Å². The number of hydrogen-bond donors (Lipinski definition) is 1. The van der Waals surface area contributed by atoms with Crippen molar-refractivity contribution in [2.75, 3.05) is 7.05 Å². The van der Waals surface area contributed by atoms with Crippen molar-refractivity contribution in [2.45, 2.75) is 19.7 Å². The number of hydrogen-bond acceptors (Lipinski definition) is 2. The van der Waals surface area contributed by atoms with Crippen LogP contribution >= 0.6 is 12.4 Å².